The molecule has 154 valence electrons. The van der Waals surface area contributed by atoms with Crippen molar-refractivity contribution < 1.29 is 19.1 Å². The van der Waals surface area contributed by atoms with E-state index in [9.17, 15) is 9.59 Å². The first kappa shape index (κ1) is 20.5. The van der Waals surface area contributed by atoms with Crippen molar-refractivity contribution in [2.45, 2.75) is 26.3 Å². The van der Waals surface area contributed by atoms with E-state index in [2.05, 4.69) is 10.6 Å². The van der Waals surface area contributed by atoms with Crippen LogP contribution in [-0.2, 0) is 11.2 Å². The Hall–Kier alpha value is -3.22. The lowest BCUT2D eigenvalue weighted by molar-refractivity contribution is -0.121. The van der Waals surface area contributed by atoms with Gasteiger partial charge in [0.05, 0.1) is 19.9 Å². The molecule has 3 amide bonds. The number of anilines is 2. The van der Waals surface area contributed by atoms with Crippen LogP contribution in [0.25, 0.3) is 0 Å². The Balaban J connectivity index is 1.73. The summed E-state index contributed by atoms with van der Waals surface area (Å²) < 4.78 is 10.5. The summed E-state index contributed by atoms with van der Waals surface area (Å²) in [5.41, 5.74) is 2.56. The Morgan fingerprint density at radius 3 is 2.52 bits per heavy atom. The van der Waals surface area contributed by atoms with Crippen LogP contribution in [0, 0.1) is 5.92 Å². The predicted molar refractivity (Wildman–Crippen MR) is 113 cm³/mol. The van der Waals surface area contributed by atoms with E-state index in [0.29, 0.717) is 23.7 Å². The molecule has 0 unspecified atom stereocenters. The van der Waals surface area contributed by atoms with E-state index in [1.54, 1.807) is 30.2 Å². The highest BCUT2D eigenvalue weighted by atomic mass is 16.5. The third-order valence-electron chi connectivity index (χ3n) is 5.03. The predicted octanol–water partition coefficient (Wildman–Crippen LogP) is 3.44. The normalized spacial score (nSPS) is 13.6. The number of carbonyl (C=O) groups excluding carboxylic acids is 2. The minimum absolute atomic E-state index is 0.0706. The van der Waals surface area contributed by atoms with Gasteiger partial charge in [-0.3, -0.25) is 4.79 Å². The fourth-order valence-corrected chi connectivity index (χ4v) is 3.45. The van der Waals surface area contributed by atoms with E-state index < -0.39 is 12.1 Å². The maximum atomic E-state index is 13.2. The zero-order valence-corrected chi connectivity index (χ0v) is 17.2. The van der Waals surface area contributed by atoms with Crippen LogP contribution < -0.4 is 25.0 Å². The first-order chi connectivity index (χ1) is 13.9. The molecular formula is C22H27N3O4. The molecule has 1 atom stereocenters. The molecule has 1 aliphatic rings. The molecule has 1 heterocycles. The number of methoxy groups -OCH3 is 2. The van der Waals surface area contributed by atoms with Crippen LogP contribution >= 0.6 is 0 Å². The number of amides is 3. The topological polar surface area (TPSA) is 79.9 Å². The van der Waals surface area contributed by atoms with Gasteiger partial charge < -0.3 is 25.0 Å². The summed E-state index contributed by atoms with van der Waals surface area (Å²) in [4.78, 5) is 27.6. The molecule has 2 N–H and O–H groups in total. The molecule has 0 saturated carbocycles. The maximum Gasteiger partial charge on any atom is 0.320 e. The molecular weight excluding hydrogens is 370 g/mol. The number of nitrogens with zero attached hydrogens (tertiary/aromatic N) is 1. The first-order valence-electron chi connectivity index (χ1n) is 9.63. The molecule has 0 aromatic heterocycles. The fraction of sp³-hybridized carbons (Fsp3) is 0.364. The van der Waals surface area contributed by atoms with Crippen LogP contribution in [0.4, 0.5) is 16.2 Å². The Morgan fingerprint density at radius 2 is 1.83 bits per heavy atom. The van der Waals surface area contributed by atoms with Crippen molar-refractivity contribution in [2.75, 3.05) is 31.0 Å². The van der Waals surface area contributed by atoms with Crippen molar-refractivity contribution in [3.63, 3.8) is 0 Å². The van der Waals surface area contributed by atoms with Crippen LogP contribution in [0.5, 0.6) is 11.5 Å². The lowest BCUT2D eigenvalue weighted by Crippen LogP contribution is -2.52. The van der Waals surface area contributed by atoms with Gasteiger partial charge in [-0.2, -0.15) is 0 Å². The minimum atomic E-state index is -0.648. The molecule has 1 aliphatic heterocycles. The van der Waals surface area contributed by atoms with Gasteiger partial charge in [0.15, 0.2) is 0 Å². The lowest BCUT2D eigenvalue weighted by atomic mass is 10.0. The molecule has 0 spiro atoms. The minimum Gasteiger partial charge on any atom is -0.497 e. The van der Waals surface area contributed by atoms with E-state index in [1.807, 2.05) is 38.1 Å². The van der Waals surface area contributed by atoms with Crippen LogP contribution in [-0.4, -0.2) is 38.7 Å². The largest absolute Gasteiger partial charge is 0.497 e. The molecule has 7 heteroatoms. The smallest absolute Gasteiger partial charge is 0.320 e. The maximum absolute atomic E-state index is 13.2. The molecule has 0 aliphatic carbocycles. The van der Waals surface area contributed by atoms with Crippen molar-refractivity contribution in [2.24, 2.45) is 5.92 Å². The van der Waals surface area contributed by atoms with Gasteiger partial charge in [0.25, 0.3) is 0 Å². The molecule has 0 fully saturated rings. The van der Waals surface area contributed by atoms with E-state index in [1.165, 1.54) is 7.11 Å². The summed E-state index contributed by atoms with van der Waals surface area (Å²) in [6.07, 6.45) is 0.821. The van der Waals surface area contributed by atoms with Gasteiger partial charge in [0, 0.05) is 18.3 Å². The summed E-state index contributed by atoms with van der Waals surface area (Å²) in [6.45, 7) is 4.45. The highest BCUT2D eigenvalue weighted by Gasteiger charge is 2.32. The van der Waals surface area contributed by atoms with Crippen LogP contribution in [0.15, 0.2) is 42.5 Å². The van der Waals surface area contributed by atoms with Crippen LogP contribution in [0.1, 0.15) is 19.4 Å². The SMILES string of the molecule is COc1ccc(NC(=O)N[C@H](C(=O)N2CCc3ccccc32)C(C)C)c(OC)c1. The summed E-state index contributed by atoms with van der Waals surface area (Å²) >= 11 is 0. The highest BCUT2D eigenvalue weighted by molar-refractivity contribution is 6.02. The number of hydrogen-bond acceptors (Lipinski definition) is 4. The van der Waals surface area contributed by atoms with Crippen molar-refractivity contribution >= 4 is 23.3 Å². The Morgan fingerprint density at radius 1 is 1.07 bits per heavy atom. The highest BCUT2D eigenvalue weighted by Crippen LogP contribution is 2.30. The Labute approximate surface area is 171 Å². The average molecular weight is 397 g/mol. The van der Waals surface area contributed by atoms with E-state index in [4.69, 9.17) is 9.47 Å². The zero-order valence-electron chi connectivity index (χ0n) is 17.2. The molecule has 2 aromatic rings. The van der Waals surface area contributed by atoms with Gasteiger partial charge in [0.1, 0.15) is 17.5 Å². The number of ether oxygens (including phenoxy) is 2. The van der Waals surface area contributed by atoms with E-state index in [-0.39, 0.29) is 11.8 Å². The third kappa shape index (κ3) is 4.45. The van der Waals surface area contributed by atoms with Crippen LogP contribution in [0.3, 0.4) is 0 Å². The number of rotatable bonds is 6. The molecule has 0 saturated heterocycles. The van der Waals surface area contributed by atoms with E-state index in [0.717, 1.165) is 17.7 Å². The van der Waals surface area contributed by atoms with E-state index >= 15 is 0 Å². The second kappa shape index (κ2) is 8.86. The molecule has 7 nitrogen and oxygen atoms in total. The van der Waals surface area contributed by atoms with Gasteiger partial charge >= 0.3 is 6.03 Å². The summed E-state index contributed by atoms with van der Waals surface area (Å²) in [5, 5.41) is 5.59. The molecule has 29 heavy (non-hydrogen) atoms. The molecule has 0 bridgehead atoms. The Kier molecular flexibility index (Phi) is 6.26. The van der Waals surface area contributed by atoms with Gasteiger partial charge in [-0.1, -0.05) is 32.0 Å². The number of fused-ring (bicyclic) bond motifs is 1. The number of benzene rings is 2. The summed E-state index contributed by atoms with van der Waals surface area (Å²) in [7, 11) is 3.08. The molecule has 2 aromatic carbocycles. The Bertz CT molecular complexity index is 897. The van der Waals surface area contributed by atoms with Gasteiger partial charge in [-0.15, -0.1) is 0 Å². The number of nitrogens with one attached hydrogen (secondary N) is 2. The fourth-order valence-electron chi connectivity index (χ4n) is 3.45. The van der Waals surface area contributed by atoms with Gasteiger partial charge in [-0.25, -0.2) is 4.79 Å². The number of carbonyl (C=O) groups is 2. The standard InChI is InChI=1S/C22H27N3O4/c1-14(2)20(21(26)25-12-11-15-7-5-6-8-18(15)25)24-22(27)23-17-10-9-16(28-3)13-19(17)29-4/h5-10,13-14,20H,11-12H2,1-4H3,(H2,23,24,27)/t20-/m0/s1. The van der Waals surface area contributed by atoms with Crippen molar-refractivity contribution in [3.05, 3.63) is 48.0 Å². The van der Waals surface area contributed by atoms with Gasteiger partial charge in [-0.05, 0) is 36.1 Å². The quantitative estimate of drug-likeness (QED) is 0.783. The van der Waals surface area contributed by atoms with Crippen molar-refractivity contribution in [1.82, 2.24) is 5.32 Å². The van der Waals surface area contributed by atoms with Crippen molar-refractivity contribution in [1.29, 1.82) is 0 Å². The first-order valence-corrected chi connectivity index (χ1v) is 9.63. The summed E-state index contributed by atoms with van der Waals surface area (Å²) in [6, 6.07) is 11.9. The third-order valence-corrected chi connectivity index (χ3v) is 5.03. The zero-order chi connectivity index (χ0) is 21.0. The van der Waals surface area contributed by atoms with Crippen molar-refractivity contribution in [3.8, 4) is 11.5 Å². The summed E-state index contributed by atoms with van der Waals surface area (Å²) in [5.74, 6) is 0.914. The second-order valence-electron chi connectivity index (χ2n) is 7.25. The number of hydrogen-bond donors (Lipinski definition) is 2. The van der Waals surface area contributed by atoms with Crippen LogP contribution in [0.2, 0.25) is 0 Å². The molecule has 3 rings (SSSR count). The second-order valence-corrected chi connectivity index (χ2v) is 7.25. The molecule has 0 radical (unpaired) electrons. The lowest BCUT2D eigenvalue weighted by Gasteiger charge is -2.27. The monoisotopic (exact) mass is 397 g/mol. The number of para-hydroxylation sites is 1. The van der Waals surface area contributed by atoms with Gasteiger partial charge in [0.2, 0.25) is 5.91 Å². The number of urea groups is 1. The average Bonchev–Trinajstić information content (AvgIpc) is 3.15.